The monoisotopic (exact) mass is 360 g/mol. The normalized spacial score (nSPS) is 17.7. The molecule has 1 aliphatic rings. The van der Waals surface area contributed by atoms with Crippen LogP contribution in [0.1, 0.15) is 12.0 Å². The molecule has 134 valence electrons. The minimum absolute atomic E-state index is 0.307. The molecular weight excluding hydrogens is 336 g/mol. The van der Waals surface area contributed by atoms with Gasteiger partial charge in [-0.3, -0.25) is 0 Å². The van der Waals surface area contributed by atoms with Crippen molar-refractivity contribution in [2.24, 2.45) is 5.92 Å². The van der Waals surface area contributed by atoms with Crippen molar-refractivity contribution in [1.29, 1.82) is 0 Å². The van der Waals surface area contributed by atoms with Gasteiger partial charge < -0.3 is 9.64 Å². The topological polar surface area (TPSA) is 58.6 Å². The van der Waals surface area contributed by atoms with Crippen molar-refractivity contribution in [2.75, 3.05) is 31.6 Å². The highest BCUT2D eigenvalue weighted by Crippen LogP contribution is 2.25. The van der Waals surface area contributed by atoms with E-state index in [2.05, 4.69) is 9.62 Å². The molecule has 0 amide bonds. The Kier molecular flexibility index (Phi) is 5.30. The lowest BCUT2D eigenvalue weighted by atomic mass is 10.1. The number of ether oxygens (including phenoxy) is 1. The van der Waals surface area contributed by atoms with Crippen LogP contribution in [0.3, 0.4) is 0 Å². The van der Waals surface area contributed by atoms with Gasteiger partial charge in [0.2, 0.25) is 10.0 Å². The molecule has 6 heteroatoms. The van der Waals surface area contributed by atoms with E-state index in [1.165, 1.54) is 0 Å². The van der Waals surface area contributed by atoms with E-state index in [1.807, 2.05) is 37.3 Å². The van der Waals surface area contributed by atoms with Crippen LogP contribution in [0.25, 0.3) is 0 Å². The largest absolute Gasteiger partial charge is 0.497 e. The highest BCUT2D eigenvalue weighted by molar-refractivity contribution is 7.89. The third-order valence-corrected chi connectivity index (χ3v) is 6.01. The molecule has 0 saturated carbocycles. The van der Waals surface area contributed by atoms with Gasteiger partial charge in [0.1, 0.15) is 5.75 Å². The second-order valence-corrected chi connectivity index (χ2v) is 8.23. The minimum atomic E-state index is -3.45. The molecule has 0 aliphatic carbocycles. The van der Waals surface area contributed by atoms with E-state index in [-0.39, 0.29) is 0 Å². The summed E-state index contributed by atoms with van der Waals surface area (Å²) < 4.78 is 32.8. The van der Waals surface area contributed by atoms with Crippen molar-refractivity contribution in [3.8, 4) is 5.75 Å². The Morgan fingerprint density at radius 2 is 1.96 bits per heavy atom. The Bertz CT molecular complexity index is 819. The molecule has 1 heterocycles. The molecular formula is C19H24N2O3S. The minimum Gasteiger partial charge on any atom is -0.497 e. The van der Waals surface area contributed by atoms with Gasteiger partial charge in [-0.15, -0.1) is 0 Å². The zero-order chi connectivity index (χ0) is 17.9. The van der Waals surface area contributed by atoms with E-state index in [0.29, 0.717) is 17.4 Å². The SMILES string of the molecule is COc1ccc(N2CCC(CNS(=O)(=O)c3cccc(C)c3)C2)cc1. The van der Waals surface area contributed by atoms with E-state index in [4.69, 9.17) is 4.74 Å². The molecule has 3 rings (SSSR count). The molecule has 5 nitrogen and oxygen atoms in total. The summed E-state index contributed by atoms with van der Waals surface area (Å²) in [6.07, 6.45) is 0.975. The summed E-state index contributed by atoms with van der Waals surface area (Å²) in [4.78, 5) is 2.61. The van der Waals surface area contributed by atoms with E-state index in [0.717, 1.165) is 36.5 Å². The number of benzene rings is 2. The van der Waals surface area contributed by atoms with Gasteiger partial charge in [-0.25, -0.2) is 13.1 Å². The van der Waals surface area contributed by atoms with Crippen molar-refractivity contribution in [3.63, 3.8) is 0 Å². The highest BCUT2D eigenvalue weighted by Gasteiger charge is 2.24. The number of aryl methyl sites for hydroxylation is 1. The number of nitrogens with zero attached hydrogens (tertiary/aromatic N) is 1. The Labute approximate surface area is 149 Å². The zero-order valence-electron chi connectivity index (χ0n) is 14.6. The second kappa shape index (κ2) is 7.45. The summed E-state index contributed by atoms with van der Waals surface area (Å²) in [6.45, 7) is 4.14. The van der Waals surface area contributed by atoms with Gasteiger partial charge in [0.15, 0.2) is 0 Å². The van der Waals surface area contributed by atoms with E-state index < -0.39 is 10.0 Å². The number of anilines is 1. The Morgan fingerprint density at radius 3 is 2.64 bits per heavy atom. The fourth-order valence-corrected chi connectivity index (χ4v) is 4.34. The first-order valence-electron chi connectivity index (χ1n) is 8.43. The first kappa shape index (κ1) is 17.8. The lowest BCUT2D eigenvalue weighted by molar-refractivity contribution is 0.415. The molecule has 1 fully saturated rings. The van der Waals surface area contributed by atoms with Gasteiger partial charge in [-0.2, -0.15) is 0 Å². The van der Waals surface area contributed by atoms with Crippen molar-refractivity contribution in [3.05, 3.63) is 54.1 Å². The Morgan fingerprint density at radius 1 is 1.20 bits per heavy atom. The third kappa shape index (κ3) is 4.32. The Balaban J connectivity index is 1.58. The van der Waals surface area contributed by atoms with Crippen LogP contribution >= 0.6 is 0 Å². The predicted octanol–water partition coefficient (Wildman–Crippen LogP) is 2.81. The third-order valence-electron chi connectivity index (χ3n) is 4.59. The molecule has 1 atom stereocenters. The van der Waals surface area contributed by atoms with E-state index in [9.17, 15) is 8.42 Å². The smallest absolute Gasteiger partial charge is 0.240 e. The van der Waals surface area contributed by atoms with Gasteiger partial charge in [-0.1, -0.05) is 12.1 Å². The lowest BCUT2D eigenvalue weighted by Crippen LogP contribution is -2.31. The maximum atomic E-state index is 12.4. The van der Waals surface area contributed by atoms with Gasteiger partial charge >= 0.3 is 0 Å². The molecule has 0 radical (unpaired) electrons. The van der Waals surface area contributed by atoms with Crippen LogP contribution in [0.2, 0.25) is 0 Å². The van der Waals surface area contributed by atoms with E-state index >= 15 is 0 Å². The molecule has 2 aromatic rings. The van der Waals surface area contributed by atoms with Gasteiger partial charge in [0, 0.05) is 25.3 Å². The number of hydrogen-bond donors (Lipinski definition) is 1. The first-order valence-corrected chi connectivity index (χ1v) is 9.91. The average molecular weight is 360 g/mol. The molecule has 0 spiro atoms. The van der Waals surface area contributed by atoms with Crippen molar-refractivity contribution >= 4 is 15.7 Å². The molecule has 1 N–H and O–H groups in total. The number of sulfonamides is 1. The van der Waals surface area contributed by atoms with Crippen LogP contribution < -0.4 is 14.4 Å². The quantitative estimate of drug-likeness (QED) is 0.861. The van der Waals surface area contributed by atoms with Crippen molar-refractivity contribution in [1.82, 2.24) is 4.72 Å². The summed E-state index contributed by atoms with van der Waals surface area (Å²) in [7, 11) is -1.79. The summed E-state index contributed by atoms with van der Waals surface area (Å²) in [5.41, 5.74) is 2.08. The second-order valence-electron chi connectivity index (χ2n) is 6.47. The van der Waals surface area contributed by atoms with Crippen LogP contribution in [-0.2, 0) is 10.0 Å². The van der Waals surface area contributed by atoms with E-state index in [1.54, 1.807) is 25.3 Å². The molecule has 1 unspecified atom stereocenters. The highest BCUT2D eigenvalue weighted by atomic mass is 32.2. The molecule has 1 aliphatic heterocycles. The van der Waals surface area contributed by atoms with Gasteiger partial charge in [0.25, 0.3) is 0 Å². The maximum absolute atomic E-state index is 12.4. The van der Waals surface area contributed by atoms with Gasteiger partial charge in [-0.05, 0) is 61.2 Å². The average Bonchev–Trinajstić information content (AvgIpc) is 3.09. The lowest BCUT2D eigenvalue weighted by Gasteiger charge is -2.19. The van der Waals surface area contributed by atoms with Crippen LogP contribution in [-0.4, -0.2) is 35.2 Å². The number of nitrogens with one attached hydrogen (secondary N) is 1. The van der Waals surface area contributed by atoms with Crippen molar-refractivity contribution in [2.45, 2.75) is 18.2 Å². The fraction of sp³-hybridized carbons (Fsp3) is 0.368. The van der Waals surface area contributed by atoms with Crippen LogP contribution in [0, 0.1) is 12.8 Å². The summed E-state index contributed by atoms with van der Waals surface area (Å²) in [6, 6.07) is 15.0. The van der Waals surface area contributed by atoms with Crippen LogP contribution in [0.4, 0.5) is 5.69 Å². The Hall–Kier alpha value is -2.05. The van der Waals surface area contributed by atoms with Crippen molar-refractivity contribution < 1.29 is 13.2 Å². The number of methoxy groups -OCH3 is 1. The fourth-order valence-electron chi connectivity index (χ4n) is 3.12. The maximum Gasteiger partial charge on any atom is 0.240 e. The zero-order valence-corrected chi connectivity index (χ0v) is 15.4. The molecule has 0 aromatic heterocycles. The molecule has 0 bridgehead atoms. The summed E-state index contributed by atoms with van der Waals surface area (Å²) in [5.74, 6) is 1.15. The molecule has 2 aromatic carbocycles. The van der Waals surface area contributed by atoms with Crippen LogP contribution in [0.5, 0.6) is 5.75 Å². The predicted molar refractivity (Wildman–Crippen MR) is 99.7 cm³/mol. The standard InChI is InChI=1S/C19H24N2O3S/c1-15-4-3-5-19(12-15)25(22,23)20-13-16-10-11-21(14-16)17-6-8-18(24-2)9-7-17/h3-9,12,16,20H,10-11,13-14H2,1-2H3. The molecule has 25 heavy (non-hydrogen) atoms. The first-order chi connectivity index (χ1) is 12.0. The van der Waals surface area contributed by atoms with Crippen LogP contribution in [0.15, 0.2) is 53.4 Å². The summed E-state index contributed by atoms with van der Waals surface area (Å²) >= 11 is 0. The summed E-state index contributed by atoms with van der Waals surface area (Å²) in [5, 5.41) is 0. The number of hydrogen-bond acceptors (Lipinski definition) is 4. The van der Waals surface area contributed by atoms with Gasteiger partial charge in [0.05, 0.1) is 12.0 Å². The molecule has 1 saturated heterocycles. The number of rotatable bonds is 6.